The lowest BCUT2D eigenvalue weighted by molar-refractivity contribution is -0.136. The number of ether oxygens (including phenoxy) is 1. The predicted octanol–water partition coefficient (Wildman–Crippen LogP) is 1.43. The summed E-state index contributed by atoms with van der Waals surface area (Å²) in [5, 5.41) is 3.74. The zero-order valence-corrected chi connectivity index (χ0v) is 12.4. The Labute approximate surface area is 121 Å². The molecule has 4 nitrogen and oxygen atoms in total. The SMILES string of the molecule is COCC(=O)N1CCC(NCC2CC3C=CC2C3)CC1. The van der Waals surface area contributed by atoms with Gasteiger partial charge in [-0.1, -0.05) is 12.2 Å². The summed E-state index contributed by atoms with van der Waals surface area (Å²) < 4.78 is 4.91. The van der Waals surface area contributed by atoms with Crippen LogP contribution in [0, 0.1) is 17.8 Å². The number of allylic oxidation sites excluding steroid dienone is 2. The molecule has 0 radical (unpaired) electrons. The molecule has 1 saturated heterocycles. The van der Waals surface area contributed by atoms with Gasteiger partial charge in [0.1, 0.15) is 6.61 Å². The Hall–Kier alpha value is -0.870. The maximum absolute atomic E-state index is 11.7. The van der Waals surface area contributed by atoms with E-state index < -0.39 is 0 Å². The zero-order chi connectivity index (χ0) is 13.9. The highest BCUT2D eigenvalue weighted by Crippen LogP contribution is 2.43. The van der Waals surface area contributed by atoms with Crippen molar-refractivity contribution < 1.29 is 9.53 Å². The normalized spacial score (nSPS) is 33.0. The molecule has 4 heteroatoms. The average molecular weight is 278 g/mol. The molecule has 1 amide bonds. The summed E-state index contributed by atoms with van der Waals surface area (Å²) in [6, 6.07) is 0.588. The minimum Gasteiger partial charge on any atom is -0.375 e. The Morgan fingerprint density at radius 2 is 2.10 bits per heavy atom. The van der Waals surface area contributed by atoms with Gasteiger partial charge in [-0.05, 0) is 50.0 Å². The van der Waals surface area contributed by atoms with Gasteiger partial charge in [0.05, 0.1) is 0 Å². The highest BCUT2D eigenvalue weighted by Gasteiger charge is 2.35. The fourth-order valence-electron chi connectivity index (χ4n) is 4.00. The van der Waals surface area contributed by atoms with E-state index in [-0.39, 0.29) is 12.5 Å². The first-order valence-electron chi connectivity index (χ1n) is 7.94. The van der Waals surface area contributed by atoms with Crippen molar-refractivity contribution in [3.63, 3.8) is 0 Å². The molecule has 2 fully saturated rings. The van der Waals surface area contributed by atoms with Crippen molar-refractivity contribution in [1.82, 2.24) is 10.2 Å². The molecule has 3 rings (SSSR count). The van der Waals surface area contributed by atoms with Crippen LogP contribution in [0.1, 0.15) is 25.7 Å². The minimum atomic E-state index is 0.129. The third-order valence-corrected chi connectivity index (χ3v) is 5.20. The largest absolute Gasteiger partial charge is 0.375 e. The molecule has 2 aliphatic carbocycles. The van der Waals surface area contributed by atoms with E-state index in [4.69, 9.17) is 4.74 Å². The van der Waals surface area contributed by atoms with Gasteiger partial charge in [0.2, 0.25) is 5.91 Å². The van der Waals surface area contributed by atoms with E-state index in [1.54, 1.807) is 7.11 Å². The lowest BCUT2D eigenvalue weighted by Gasteiger charge is -2.33. The van der Waals surface area contributed by atoms with Crippen molar-refractivity contribution in [2.75, 3.05) is 33.4 Å². The Morgan fingerprint density at radius 3 is 2.70 bits per heavy atom. The van der Waals surface area contributed by atoms with Crippen molar-refractivity contribution in [2.45, 2.75) is 31.7 Å². The third-order valence-electron chi connectivity index (χ3n) is 5.20. The number of amides is 1. The summed E-state index contributed by atoms with van der Waals surface area (Å²) in [6.07, 6.45) is 9.74. The molecule has 1 heterocycles. The Kier molecular flexibility index (Phi) is 4.41. The molecule has 3 unspecified atom stereocenters. The molecular weight excluding hydrogens is 252 g/mol. The highest BCUT2D eigenvalue weighted by molar-refractivity contribution is 5.77. The number of piperidine rings is 1. The van der Waals surface area contributed by atoms with Crippen molar-refractivity contribution in [3.8, 4) is 0 Å². The topological polar surface area (TPSA) is 41.6 Å². The molecule has 2 bridgehead atoms. The fraction of sp³-hybridized carbons (Fsp3) is 0.812. The second-order valence-electron chi connectivity index (χ2n) is 6.54. The smallest absolute Gasteiger partial charge is 0.248 e. The molecule has 1 saturated carbocycles. The number of hydrogen-bond acceptors (Lipinski definition) is 3. The first-order chi connectivity index (χ1) is 9.76. The van der Waals surface area contributed by atoms with Crippen LogP contribution >= 0.6 is 0 Å². The highest BCUT2D eigenvalue weighted by atomic mass is 16.5. The van der Waals surface area contributed by atoms with Crippen LogP contribution in [0.15, 0.2) is 12.2 Å². The van der Waals surface area contributed by atoms with Gasteiger partial charge in [-0.2, -0.15) is 0 Å². The summed E-state index contributed by atoms with van der Waals surface area (Å²) >= 11 is 0. The lowest BCUT2D eigenvalue weighted by Crippen LogP contribution is -2.47. The Bertz CT molecular complexity index is 375. The van der Waals surface area contributed by atoms with E-state index in [2.05, 4.69) is 17.5 Å². The van der Waals surface area contributed by atoms with E-state index in [9.17, 15) is 4.79 Å². The number of methoxy groups -OCH3 is 1. The number of carbonyl (C=O) groups is 1. The number of fused-ring (bicyclic) bond motifs is 2. The summed E-state index contributed by atoms with van der Waals surface area (Å²) in [6.45, 7) is 3.12. The maximum Gasteiger partial charge on any atom is 0.248 e. The summed E-state index contributed by atoms with van der Waals surface area (Å²) in [7, 11) is 1.58. The minimum absolute atomic E-state index is 0.129. The Balaban J connectivity index is 1.37. The molecular formula is C16H26N2O2. The standard InChI is InChI=1S/C16H26N2O2/c1-20-11-16(19)18-6-4-15(5-7-18)17-10-14-9-12-2-3-13(14)8-12/h2-3,12-15,17H,4-11H2,1H3. The number of likely N-dealkylation sites (tertiary alicyclic amines) is 1. The van der Waals surface area contributed by atoms with E-state index in [1.165, 1.54) is 12.8 Å². The maximum atomic E-state index is 11.7. The number of rotatable bonds is 5. The van der Waals surface area contributed by atoms with Gasteiger partial charge in [-0.25, -0.2) is 0 Å². The summed E-state index contributed by atoms with van der Waals surface area (Å²) in [5.41, 5.74) is 0. The average Bonchev–Trinajstić information content (AvgIpc) is 3.08. The number of nitrogens with zero attached hydrogens (tertiary/aromatic N) is 1. The fourth-order valence-corrected chi connectivity index (χ4v) is 4.00. The van der Waals surface area contributed by atoms with Gasteiger partial charge in [0, 0.05) is 26.2 Å². The van der Waals surface area contributed by atoms with Crippen molar-refractivity contribution in [3.05, 3.63) is 12.2 Å². The number of nitrogens with one attached hydrogen (secondary N) is 1. The van der Waals surface area contributed by atoms with E-state index in [0.717, 1.165) is 50.2 Å². The molecule has 112 valence electrons. The quantitative estimate of drug-likeness (QED) is 0.774. The monoisotopic (exact) mass is 278 g/mol. The van der Waals surface area contributed by atoms with E-state index in [1.807, 2.05) is 4.90 Å². The molecule has 3 aliphatic rings. The molecule has 20 heavy (non-hydrogen) atoms. The molecule has 1 aliphatic heterocycles. The van der Waals surface area contributed by atoms with Crippen molar-refractivity contribution >= 4 is 5.91 Å². The zero-order valence-electron chi connectivity index (χ0n) is 12.4. The second-order valence-corrected chi connectivity index (χ2v) is 6.54. The van der Waals surface area contributed by atoms with Crippen LogP contribution in [-0.4, -0.2) is 50.2 Å². The second kappa shape index (κ2) is 6.27. The molecule has 0 spiro atoms. The van der Waals surface area contributed by atoms with Gasteiger partial charge >= 0.3 is 0 Å². The third kappa shape index (κ3) is 3.07. The summed E-state index contributed by atoms with van der Waals surface area (Å²) in [5.74, 6) is 2.67. The van der Waals surface area contributed by atoms with Crippen molar-refractivity contribution in [1.29, 1.82) is 0 Å². The first kappa shape index (κ1) is 14.1. The molecule has 0 aromatic carbocycles. The van der Waals surface area contributed by atoms with Crippen LogP contribution in [0.4, 0.5) is 0 Å². The van der Waals surface area contributed by atoms with Crippen LogP contribution in [0.3, 0.4) is 0 Å². The summed E-state index contributed by atoms with van der Waals surface area (Å²) in [4.78, 5) is 13.7. The first-order valence-corrected chi connectivity index (χ1v) is 7.94. The van der Waals surface area contributed by atoms with Crippen LogP contribution in [-0.2, 0) is 9.53 Å². The van der Waals surface area contributed by atoms with Gasteiger partial charge in [0.25, 0.3) is 0 Å². The van der Waals surface area contributed by atoms with Crippen molar-refractivity contribution in [2.24, 2.45) is 17.8 Å². The predicted molar refractivity (Wildman–Crippen MR) is 78.3 cm³/mol. The molecule has 0 aromatic rings. The van der Waals surface area contributed by atoms with Crippen LogP contribution in [0.25, 0.3) is 0 Å². The van der Waals surface area contributed by atoms with Gasteiger partial charge in [0.15, 0.2) is 0 Å². The Morgan fingerprint density at radius 1 is 1.30 bits per heavy atom. The molecule has 0 aromatic heterocycles. The van der Waals surface area contributed by atoms with Gasteiger partial charge in [-0.3, -0.25) is 4.79 Å². The van der Waals surface area contributed by atoms with Gasteiger partial charge in [-0.15, -0.1) is 0 Å². The van der Waals surface area contributed by atoms with Crippen LogP contribution < -0.4 is 5.32 Å². The number of hydrogen-bond donors (Lipinski definition) is 1. The van der Waals surface area contributed by atoms with E-state index >= 15 is 0 Å². The lowest BCUT2D eigenvalue weighted by atomic mass is 9.93. The molecule has 1 N–H and O–H groups in total. The van der Waals surface area contributed by atoms with Crippen LogP contribution in [0.5, 0.6) is 0 Å². The van der Waals surface area contributed by atoms with E-state index in [0.29, 0.717) is 6.04 Å². The van der Waals surface area contributed by atoms with Crippen LogP contribution in [0.2, 0.25) is 0 Å². The molecule has 3 atom stereocenters. The van der Waals surface area contributed by atoms with Gasteiger partial charge < -0.3 is 15.0 Å². The number of carbonyl (C=O) groups excluding carboxylic acids is 1.